The molecule has 1 nitrogen and oxygen atoms in total. The minimum absolute atomic E-state index is 0.685. The molecule has 0 aromatic carbocycles. The summed E-state index contributed by atoms with van der Waals surface area (Å²) in [4.78, 5) is 0. The van der Waals surface area contributed by atoms with Crippen molar-refractivity contribution in [1.29, 1.82) is 0 Å². The van der Waals surface area contributed by atoms with Gasteiger partial charge in [0.2, 0.25) is 0 Å². The van der Waals surface area contributed by atoms with E-state index < -0.39 is 8.07 Å². The zero-order valence-corrected chi connectivity index (χ0v) is 6.94. The van der Waals surface area contributed by atoms with E-state index in [-0.39, 0.29) is 0 Å². The molecular weight excluding hydrogens is 114 g/mol. The highest BCUT2D eigenvalue weighted by molar-refractivity contribution is 6.80. The van der Waals surface area contributed by atoms with Crippen LogP contribution in [0.2, 0.25) is 19.6 Å². The van der Waals surface area contributed by atoms with Gasteiger partial charge in [-0.15, -0.1) is 0 Å². The second-order valence-corrected chi connectivity index (χ2v) is 8.07. The van der Waals surface area contributed by atoms with Crippen molar-refractivity contribution < 1.29 is 0 Å². The first-order valence-corrected chi connectivity index (χ1v) is 6.52. The largest absolute Gasteiger partial charge is 0.327 e. The van der Waals surface area contributed by atoms with Gasteiger partial charge in [0.05, 0.1) is 8.07 Å². The normalized spacial score (nSPS) is 13.0. The zero-order valence-electron chi connectivity index (χ0n) is 5.94. The third-order valence-electron chi connectivity index (χ3n) is 0.754. The molecule has 0 amide bonds. The van der Waals surface area contributed by atoms with Crippen LogP contribution < -0.4 is 5.73 Å². The first-order valence-electron chi connectivity index (χ1n) is 2.94. The summed E-state index contributed by atoms with van der Waals surface area (Å²) in [6.45, 7) is 7.56. The topological polar surface area (TPSA) is 26.0 Å². The van der Waals surface area contributed by atoms with Crippen LogP contribution in [0.25, 0.3) is 0 Å². The number of rotatable bonds is 2. The molecular formula is C6H15NSi. The molecule has 2 N–H and O–H groups in total. The van der Waals surface area contributed by atoms with Crippen molar-refractivity contribution in [2.24, 2.45) is 5.73 Å². The molecule has 0 radical (unpaired) electrons. The van der Waals surface area contributed by atoms with Crippen LogP contribution in [-0.4, -0.2) is 14.6 Å². The average Bonchev–Trinajstić information content (AvgIpc) is 1.59. The first kappa shape index (κ1) is 7.92. The molecule has 0 heterocycles. The Morgan fingerprint density at radius 3 is 2.00 bits per heavy atom. The van der Waals surface area contributed by atoms with Crippen LogP contribution in [0, 0.1) is 0 Å². The minimum Gasteiger partial charge on any atom is -0.327 e. The molecule has 48 valence electrons. The Balaban J connectivity index is 3.52. The molecule has 0 atom stereocenters. The van der Waals surface area contributed by atoms with Gasteiger partial charge in [0, 0.05) is 6.54 Å². The van der Waals surface area contributed by atoms with Crippen molar-refractivity contribution in [3.05, 3.63) is 11.8 Å². The molecule has 0 aromatic heterocycles. The van der Waals surface area contributed by atoms with Crippen LogP contribution in [-0.2, 0) is 0 Å². The lowest BCUT2D eigenvalue weighted by Crippen LogP contribution is -2.16. The highest BCUT2D eigenvalue weighted by Crippen LogP contribution is 2.00. The Hall–Kier alpha value is -0.0831. The second-order valence-electron chi connectivity index (χ2n) is 3.00. The molecule has 0 aromatic rings. The summed E-state index contributed by atoms with van der Waals surface area (Å²) in [6, 6.07) is 0. The van der Waals surface area contributed by atoms with Crippen LogP contribution in [0.4, 0.5) is 0 Å². The van der Waals surface area contributed by atoms with Gasteiger partial charge in [-0.25, -0.2) is 0 Å². The SMILES string of the molecule is C[Si](C)(C)/C=C/CN. The number of hydrogen-bond acceptors (Lipinski definition) is 1. The van der Waals surface area contributed by atoms with Crippen molar-refractivity contribution in [3.8, 4) is 0 Å². The monoisotopic (exact) mass is 129 g/mol. The molecule has 0 saturated carbocycles. The van der Waals surface area contributed by atoms with E-state index in [2.05, 4.69) is 25.3 Å². The third-order valence-corrected chi connectivity index (χ3v) is 1.99. The summed E-state index contributed by atoms with van der Waals surface area (Å²) >= 11 is 0. The van der Waals surface area contributed by atoms with Gasteiger partial charge in [0.1, 0.15) is 0 Å². The van der Waals surface area contributed by atoms with Gasteiger partial charge >= 0.3 is 0 Å². The molecule has 0 rings (SSSR count). The van der Waals surface area contributed by atoms with Crippen molar-refractivity contribution in [3.63, 3.8) is 0 Å². The molecule has 2 heteroatoms. The van der Waals surface area contributed by atoms with Crippen molar-refractivity contribution in [1.82, 2.24) is 0 Å². The van der Waals surface area contributed by atoms with Crippen LogP contribution >= 0.6 is 0 Å². The van der Waals surface area contributed by atoms with E-state index in [4.69, 9.17) is 5.73 Å². The Labute approximate surface area is 52.6 Å². The number of nitrogens with two attached hydrogens (primary N) is 1. The smallest absolute Gasteiger partial charge is 0.0683 e. The summed E-state index contributed by atoms with van der Waals surface area (Å²) in [6.07, 6.45) is 2.05. The van der Waals surface area contributed by atoms with E-state index >= 15 is 0 Å². The molecule has 0 unspecified atom stereocenters. The van der Waals surface area contributed by atoms with Crippen LogP contribution in [0.1, 0.15) is 0 Å². The second kappa shape index (κ2) is 3.05. The lowest BCUT2D eigenvalue weighted by Gasteiger charge is -2.06. The Kier molecular flexibility index (Phi) is 3.01. The fraction of sp³-hybridized carbons (Fsp3) is 0.667. The maximum absolute atomic E-state index is 5.27. The third kappa shape index (κ3) is 5.92. The van der Waals surface area contributed by atoms with Gasteiger partial charge in [-0.3, -0.25) is 0 Å². The summed E-state index contributed by atoms with van der Waals surface area (Å²) in [5.74, 6) is 0. The molecule has 0 spiro atoms. The van der Waals surface area contributed by atoms with E-state index in [1.54, 1.807) is 0 Å². The summed E-state index contributed by atoms with van der Waals surface area (Å²) in [7, 11) is -0.939. The van der Waals surface area contributed by atoms with Crippen LogP contribution in [0.5, 0.6) is 0 Å². The molecule has 0 aliphatic carbocycles. The molecule has 0 fully saturated rings. The Morgan fingerprint density at radius 1 is 1.38 bits per heavy atom. The van der Waals surface area contributed by atoms with Crippen LogP contribution in [0.15, 0.2) is 11.8 Å². The van der Waals surface area contributed by atoms with E-state index in [9.17, 15) is 0 Å². The lowest BCUT2D eigenvalue weighted by atomic mass is 10.7. The van der Waals surface area contributed by atoms with Gasteiger partial charge in [-0.2, -0.15) is 0 Å². The highest BCUT2D eigenvalue weighted by atomic mass is 28.3. The molecule has 0 bridgehead atoms. The number of hydrogen-bond donors (Lipinski definition) is 1. The van der Waals surface area contributed by atoms with Crippen molar-refractivity contribution in [2.75, 3.05) is 6.54 Å². The van der Waals surface area contributed by atoms with E-state index in [1.807, 2.05) is 6.08 Å². The predicted octanol–water partition coefficient (Wildman–Crippen LogP) is 1.38. The quantitative estimate of drug-likeness (QED) is 0.560. The highest BCUT2D eigenvalue weighted by Gasteiger charge is 2.05. The van der Waals surface area contributed by atoms with E-state index in [1.165, 1.54) is 0 Å². The van der Waals surface area contributed by atoms with Gasteiger partial charge in [-0.1, -0.05) is 31.4 Å². The fourth-order valence-electron chi connectivity index (χ4n) is 0.422. The van der Waals surface area contributed by atoms with E-state index in [0.29, 0.717) is 6.54 Å². The molecule has 8 heavy (non-hydrogen) atoms. The minimum atomic E-state index is -0.939. The average molecular weight is 129 g/mol. The fourth-order valence-corrected chi connectivity index (χ4v) is 1.26. The Bertz CT molecular complexity index is 81.0. The molecule has 0 saturated heterocycles. The van der Waals surface area contributed by atoms with Gasteiger partial charge in [0.25, 0.3) is 0 Å². The van der Waals surface area contributed by atoms with Gasteiger partial charge in [-0.05, 0) is 0 Å². The standard InChI is InChI=1S/C6H15NSi/c1-8(2,3)6-4-5-7/h4,6H,5,7H2,1-3H3/b6-4+. The van der Waals surface area contributed by atoms with Gasteiger partial charge in [0.15, 0.2) is 0 Å². The molecule has 0 aliphatic rings. The summed E-state index contributed by atoms with van der Waals surface area (Å²) < 4.78 is 0. The maximum Gasteiger partial charge on any atom is 0.0683 e. The van der Waals surface area contributed by atoms with Gasteiger partial charge < -0.3 is 5.73 Å². The van der Waals surface area contributed by atoms with Crippen molar-refractivity contribution in [2.45, 2.75) is 19.6 Å². The predicted molar refractivity (Wildman–Crippen MR) is 41.5 cm³/mol. The summed E-state index contributed by atoms with van der Waals surface area (Å²) in [5.41, 5.74) is 7.53. The lowest BCUT2D eigenvalue weighted by molar-refractivity contribution is 1.26. The molecule has 0 aliphatic heterocycles. The zero-order chi connectivity index (χ0) is 6.62. The van der Waals surface area contributed by atoms with Crippen molar-refractivity contribution >= 4 is 8.07 Å². The maximum atomic E-state index is 5.27. The van der Waals surface area contributed by atoms with Crippen LogP contribution in [0.3, 0.4) is 0 Å². The Morgan fingerprint density at radius 2 is 1.88 bits per heavy atom. The van der Waals surface area contributed by atoms with E-state index in [0.717, 1.165) is 0 Å². The summed E-state index contributed by atoms with van der Waals surface area (Å²) in [5, 5.41) is 0. The first-order chi connectivity index (χ1) is 3.56.